The lowest BCUT2D eigenvalue weighted by molar-refractivity contribution is 0.203. The third-order valence-corrected chi connectivity index (χ3v) is 6.36. The molecule has 0 amide bonds. The minimum atomic E-state index is -2.79. The van der Waals surface area contributed by atoms with Gasteiger partial charge in [-0.3, -0.25) is 0 Å². The third-order valence-electron chi connectivity index (χ3n) is 4.64. The van der Waals surface area contributed by atoms with E-state index in [-0.39, 0.29) is 12.6 Å². The molecule has 2 aliphatic rings. The molecule has 1 N–H and O–H groups in total. The summed E-state index contributed by atoms with van der Waals surface area (Å²) < 4.78 is 25.2. The normalized spacial score (nSPS) is 26.4. The third kappa shape index (κ3) is 2.76. The lowest BCUT2D eigenvalue weighted by Crippen LogP contribution is -2.27. The molecular weight excluding hydrogens is 276 g/mol. The van der Waals surface area contributed by atoms with Crippen molar-refractivity contribution in [1.82, 2.24) is 9.55 Å². The number of imidazole rings is 1. The molecule has 1 fully saturated rings. The highest BCUT2D eigenvalue weighted by Crippen LogP contribution is 2.29. The quantitative estimate of drug-likeness (QED) is 0.907. The van der Waals surface area contributed by atoms with Crippen LogP contribution in [-0.2, 0) is 22.7 Å². The summed E-state index contributed by atoms with van der Waals surface area (Å²) >= 11 is 0. The van der Waals surface area contributed by atoms with Crippen molar-refractivity contribution in [1.29, 1.82) is 0 Å². The van der Waals surface area contributed by atoms with Crippen LogP contribution < -0.4 is 0 Å². The Hall–Kier alpha value is -0.880. The van der Waals surface area contributed by atoms with E-state index in [0.717, 1.165) is 44.3 Å². The minimum absolute atomic E-state index is 0.156. The first-order chi connectivity index (χ1) is 9.59. The molecule has 0 spiro atoms. The summed E-state index contributed by atoms with van der Waals surface area (Å²) in [6.07, 6.45) is 7.40. The number of aliphatic hydroxyl groups is 1. The fourth-order valence-electron chi connectivity index (χ4n) is 3.44. The van der Waals surface area contributed by atoms with Crippen molar-refractivity contribution in [3.63, 3.8) is 0 Å². The van der Waals surface area contributed by atoms with Crippen molar-refractivity contribution in [2.24, 2.45) is 5.92 Å². The van der Waals surface area contributed by atoms with Crippen LogP contribution in [0.5, 0.6) is 0 Å². The van der Waals surface area contributed by atoms with Crippen LogP contribution in [0.1, 0.15) is 43.2 Å². The standard InChI is InChI=1S/C14H22N2O3S/c17-10-13-3-1-2-12-9-15-14(16(12)13)8-11-4-6-20(18,19)7-5-11/h9,11,13,17H,1-8,10H2. The fourth-order valence-corrected chi connectivity index (χ4v) is 5.03. The van der Waals surface area contributed by atoms with Crippen LogP contribution in [0.4, 0.5) is 0 Å². The summed E-state index contributed by atoms with van der Waals surface area (Å²) in [5, 5.41) is 9.53. The fraction of sp³-hybridized carbons (Fsp3) is 0.786. The highest BCUT2D eigenvalue weighted by Gasteiger charge is 2.27. The molecule has 20 heavy (non-hydrogen) atoms. The number of fused-ring (bicyclic) bond motifs is 1. The smallest absolute Gasteiger partial charge is 0.150 e. The number of aromatic nitrogens is 2. The van der Waals surface area contributed by atoms with Crippen molar-refractivity contribution in [3.05, 3.63) is 17.7 Å². The molecule has 0 aliphatic carbocycles. The average Bonchev–Trinajstić information content (AvgIpc) is 2.84. The summed E-state index contributed by atoms with van der Waals surface area (Å²) in [6, 6.07) is 0.156. The second-order valence-electron chi connectivity index (χ2n) is 6.06. The van der Waals surface area contributed by atoms with Crippen molar-refractivity contribution in [3.8, 4) is 0 Å². The second kappa shape index (κ2) is 5.48. The topological polar surface area (TPSA) is 72.2 Å². The first kappa shape index (κ1) is 14.1. The van der Waals surface area contributed by atoms with Gasteiger partial charge in [0.05, 0.1) is 24.2 Å². The summed E-state index contributed by atoms with van der Waals surface area (Å²) in [7, 11) is -2.79. The maximum atomic E-state index is 11.5. The van der Waals surface area contributed by atoms with Gasteiger partial charge in [0.1, 0.15) is 15.7 Å². The number of hydrogen-bond donors (Lipinski definition) is 1. The Bertz CT molecular complexity index is 565. The Balaban J connectivity index is 1.74. The van der Waals surface area contributed by atoms with E-state index in [1.807, 2.05) is 6.20 Å². The molecule has 2 aliphatic heterocycles. The number of aryl methyl sites for hydroxylation is 1. The Morgan fingerprint density at radius 2 is 2.05 bits per heavy atom. The highest BCUT2D eigenvalue weighted by molar-refractivity contribution is 7.91. The number of sulfone groups is 1. The van der Waals surface area contributed by atoms with Gasteiger partial charge in [-0.05, 0) is 38.0 Å². The monoisotopic (exact) mass is 298 g/mol. The molecule has 1 aromatic rings. The van der Waals surface area contributed by atoms with Gasteiger partial charge >= 0.3 is 0 Å². The molecule has 3 heterocycles. The zero-order chi connectivity index (χ0) is 14.2. The number of rotatable bonds is 3. The molecule has 1 saturated heterocycles. The average molecular weight is 298 g/mol. The van der Waals surface area contributed by atoms with Crippen molar-refractivity contribution in [2.45, 2.75) is 44.6 Å². The molecule has 0 radical (unpaired) electrons. The molecule has 6 heteroatoms. The largest absolute Gasteiger partial charge is 0.394 e. The molecule has 3 rings (SSSR count). The minimum Gasteiger partial charge on any atom is -0.394 e. The van der Waals surface area contributed by atoms with Gasteiger partial charge in [0.25, 0.3) is 0 Å². The molecule has 0 saturated carbocycles. The van der Waals surface area contributed by atoms with Gasteiger partial charge in [0.2, 0.25) is 0 Å². The first-order valence-corrected chi connectivity index (χ1v) is 9.27. The summed E-state index contributed by atoms with van der Waals surface area (Å²) in [5.74, 6) is 2.07. The van der Waals surface area contributed by atoms with E-state index in [0.29, 0.717) is 17.4 Å². The second-order valence-corrected chi connectivity index (χ2v) is 8.37. The van der Waals surface area contributed by atoms with Crippen LogP contribution in [0.3, 0.4) is 0 Å². The van der Waals surface area contributed by atoms with Crippen LogP contribution in [0, 0.1) is 5.92 Å². The van der Waals surface area contributed by atoms with E-state index in [4.69, 9.17) is 0 Å². The van der Waals surface area contributed by atoms with E-state index >= 15 is 0 Å². The van der Waals surface area contributed by atoms with Crippen molar-refractivity contribution < 1.29 is 13.5 Å². The van der Waals surface area contributed by atoms with Crippen molar-refractivity contribution >= 4 is 9.84 Å². The molecule has 1 atom stereocenters. The maximum Gasteiger partial charge on any atom is 0.150 e. The predicted octanol–water partition coefficient (Wildman–Crippen LogP) is 1.12. The Kier molecular flexibility index (Phi) is 3.86. The highest BCUT2D eigenvalue weighted by atomic mass is 32.2. The van der Waals surface area contributed by atoms with E-state index in [2.05, 4.69) is 9.55 Å². The molecule has 0 bridgehead atoms. The first-order valence-electron chi connectivity index (χ1n) is 7.45. The zero-order valence-electron chi connectivity index (χ0n) is 11.7. The zero-order valence-corrected chi connectivity index (χ0v) is 12.5. The van der Waals surface area contributed by atoms with Crippen LogP contribution >= 0.6 is 0 Å². The lowest BCUT2D eigenvalue weighted by atomic mass is 9.97. The van der Waals surface area contributed by atoms with E-state index in [9.17, 15) is 13.5 Å². The predicted molar refractivity (Wildman–Crippen MR) is 76.4 cm³/mol. The maximum absolute atomic E-state index is 11.5. The van der Waals surface area contributed by atoms with Crippen LogP contribution in [0.25, 0.3) is 0 Å². The number of nitrogens with zero attached hydrogens (tertiary/aromatic N) is 2. The molecule has 0 aromatic carbocycles. The van der Waals surface area contributed by atoms with E-state index in [1.165, 1.54) is 5.69 Å². The van der Waals surface area contributed by atoms with Gasteiger partial charge in [-0.2, -0.15) is 0 Å². The van der Waals surface area contributed by atoms with Crippen LogP contribution in [-0.4, -0.2) is 41.2 Å². The van der Waals surface area contributed by atoms with Gasteiger partial charge < -0.3 is 9.67 Å². The van der Waals surface area contributed by atoms with Crippen LogP contribution in [0.2, 0.25) is 0 Å². The van der Waals surface area contributed by atoms with Gasteiger partial charge in [0.15, 0.2) is 0 Å². The van der Waals surface area contributed by atoms with Crippen molar-refractivity contribution in [2.75, 3.05) is 18.1 Å². The van der Waals surface area contributed by atoms with Gasteiger partial charge in [0, 0.05) is 18.3 Å². The van der Waals surface area contributed by atoms with Gasteiger partial charge in [-0.15, -0.1) is 0 Å². The van der Waals surface area contributed by atoms with Crippen LogP contribution in [0.15, 0.2) is 6.20 Å². The molecule has 5 nitrogen and oxygen atoms in total. The molecule has 1 unspecified atom stereocenters. The summed E-state index contributed by atoms with van der Waals surface area (Å²) in [5.41, 5.74) is 1.22. The lowest BCUT2D eigenvalue weighted by Gasteiger charge is -2.28. The molecule has 112 valence electrons. The van der Waals surface area contributed by atoms with Gasteiger partial charge in [-0.1, -0.05) is 0 Å². The summed E-state index contributed by atoms with van der Waals surface area (Å²) in [4.78, 5) is 4.53. The Labute approximate surface area is 119 Å². The summed E-state index contributed by atoms with van der Waals surface area (Å²) in [6.45, 7) is 0.162. The number of aliphatic hydroxyl groups excluding tert-OH is 1. The van der Waals surface area contributed by atoms with Gasteiger partial charge in [-0.25, -0.2) is 13.4 Å². The number of hydrogen-bond acceptors (Lipinski definition) is 4. The molecular formula is C14H22N2O3S. The van der Waals surface area contributed by atoms with E-state index in [1.54, 1.807) is 0 Å². The molecule has 1 aromatic heterocycles. The SMILES string of the molecule is O=S1(=O)CCC(Cc2ncc3n2C(CO)CCC3)CC1. The Morgan fingerprint density at radius 3 is 2.75 bits per heavy atom. The Morgan fingerprint density at radius 1 is 1.30 bits per heavy atom. The van der Waals surface area contributed by atoms with E-state index < -0.39 is 9.84 Å².